The lowest BCUT2D eigenvalue weighted by atomic mass is 10.1. The largest absolute Gasteiger partial charge is 0.472 e. The smallest absolute Gasteiger partial charge is 0.457 e. The topological polar surface area (TPSA) is 91.3 Å². The zero-order valence-corrected chi connectivity index (χ0v) is 38.3. The molecule has 0 aromatic carbocycles. The lowest BCUT2D eigenvalue weighted by molar-refractivity contribution is -0.870. The van der Waals surface area contributed by atoms with Crippen LogP contribution in [0.1, 0.15) is 200 Å². The number of rotatable bonds is 43. The Morgan fingerprint density at radius 3 is 1.50 bits per heavy atom. The van der Waals surface area contributed by atoms with E-state index in [1.807, 2.05) is 21.1 Å². The molecule has 0 saturated heterocycles. The molecule has 0 aliphatic heterocycles. The van der Waals surface area contributed by atoms with Gasteiger partial charge in [0.2, 0.25) is 0 Å². The lowest BCUT2D eigenvalue weighted by Gasteiger charge is -2.24. The number of ether oxygens (including phenoxy) is 2. The quantitative estimate of drug-likeness (QED) is 0.0215. The molecule has 9 heteroatoms. The van der Waals surface area contributed by atoms with Gasteiger partial charge in [-0.25, -0.2) is 4.57 Å². The van der Waals surface area contributed by atoms with Gasteiger partial charge in [0.25, 0.3) is 0 Å². The van der Waals surface area contributed by atoms with Gasteiger partial charge < -0.3 is 18.9 Å². The Hall–Kier alpha value is -1.28. The summed E-state index contributed by atoms with van der Waals surface area (Å²) in [7, 11) is 1.66. The van der Waals surface area contributed by atoms with Gasteiger partial charge in [-0.1, -0.05) is 159 Å². The second-order valence-corrected chi connectivity index (χ2v) is 18.2. The maximum Gasteiger partial charge on any atom is 0.472 e. The van der Waals surface area contributed by atoms with Gasteiger partial charge in [-0.15, -0.1) is 0 Å². The summed E-state index contributed by atoms with van der Waals surface area (Å²) in [6.45, 7) is 5.58. The van der Waals surface area contributed by atoms with Gasteiger partial charge in [-0.05, 0) is 70.6 Å². The van der Waals surface area contributed by atoms with Crippen molar-refractivity contribution >= 4 is 13.8 Å². The molecule has 0 aliphatic carbocycles. The van der Waals surface area contributed by atoms with E-state index in [4.69, 9.17) is 18.5 Å². The molecule has 0 amide bonds. The van der Waals surface area contributed by atoms with Crippen LogP contribution in [0.3, 0.4) is 0 Å². The van der Waals surface area contributed by atoms with E-state index in [1.165, 1.54) is 128 Å². The average molecular weight is 813 g/mol. The predicted octanol–water partition coefficient (Wildman–Crippen LogP) is 13.8. The molecule has 56 heavy (non-hydrogen) atoms. The number of carbonyl (C=O) groups is 1. The highest BCUT2D eigenvalue weighted by Crippen LogP contribution is 2.43. The first kappa shape index (κ1) is 54.7. The summed E-state index contributed by atoms with van der Waals surface area (Å²) in [6, 6.07) is 0. The van der Waals surface area contributed by atoms with Crippen LogP contribution in [0, 0.1) is 0 Å². The van der Waals surface area contributed by atoms with Crippen molar-refractivity contribution in [3.05, 3.63) is 36.5 Å². The number of allylic oxidation sites excluding steroid dienone is 6. The molecule has 2 atom stereocenters. The van der Waals surface area contributed by atoms with Crippen molar-refractivity contribution in [3.63, 3.8) is 0 Å². The molecule has 8 nitrogen and oxygen atoms in total. The van der Waals surface area contributed by atoms with Crippen molar-refractivity contribution in [2.75, 3.05) is 54.1 Å². The van der Waals surface area contributed by atoms with Gasteiger partial charge in [0, 0.05) is 13.0 Å². The molecule has 0 rings (SSSR count). The van der Waals surface area contributed by atoms with E-state index in [0.717, 1.165) is 51.4 Å². The summed E-state index contributed by atoms with van der Waals surface area (Å²) in [5.74, 6) is -0.324. The first-order chi connectivity index (χ1) is 27.1. The van der Waals surface area contributed by atoms with Crippen LogP contribution in [0.2, 0.25) is 0 Å². The van der Waals surface area contributed by atoms with E-state index >= 15 is 0 Å². The first-order valence-corrected chi connectivity index (χ1v) is 24.7. The zero-order chi connectivity index (χ0) is 41.3. The molecule has 0 aromatic rings. The number of hydrogen-bond acceptors (Lipinski definition) is 6. The predicted molar refractivity (Wildman–Crippen MR) is 238 cm³/mol. The van der Waals surface area contributed by atoms with Crippen LogP contribution >= 0.6 is 7.82 Å². The number of carbonyl (C=O) groups excluding carboxylic acids is 1. The van der Waals surface area contributed by atoms with Crippen LogP contribution in [0.4, 0.5) is 0 Å². The fraction of sp³-hybridized carbons (Fsp3) is 0.851. The monoisotopic (exact) mass is 813 g/mol. The number of phosphoric ester groups is 1. The summed E-state index contributed by atoms with van der Waals surface area (Å²) < 4.78 is 35.0. The van der Waals surface area contributed by atoms with Crippen LogP contribution < -0.4 is 0 Å². The summed E-state index contributed by atoms with van der Waals surface area (Å²) in [5, 5.41) is 0. The highest BCUT2D eigenvalue weighted by molar-refractivity contribution is 7.47. The molecule has 2 unspecified atom stereocenters. The highest BCUT2D eigenvalue weighted by atomic mass is 31.2. The third-order valence-corrected chi connectivity index (χ3v) is 10.9. The lowest BCUT2D eigenvalue weighted by Crippen LogP contribution is -2.37. The third-order valence-electron chi connectivity index (χ3n) is 9.92. The van der Waals surface area contributed by atoms with E-state index in [0.29, 0.717) is 24.1 Å². The first-order valence-electron chi connectivity index (χ1n) is 23.2. The molecule has 0 radical (unpaired) electrons. The second-order valence-electron chi connectivity index (χ2n) is 16.8. The van der Waals surface area contributed by atoms with Crippen LogP contribution in [0.25, 0.3) is 0 Å². The Labute approximate surface area is 346 Å². The number of unbranched alkanes of at least 4 members (excludes halogenated alkanes) is 23. The number of likely N-dealkylation sites (N-methyl/N-ethyl adjacent to an activating group) is 1. The van der Waals surface area contributed by atoms with Gasteiger partial charge in [0.05, 0.1) is 34.4 Å². The van der Waals surface area contributed by atoms with Crippen LogP contribution in [-0.2, 0) is 27.9 Å². The van der Waals surface area contributed by atoms with Crippen molar-refractivity contribution in [1.29, 1.82) is 0 Å². The zero-order valence-electron chi connectivity index (χ0n) is 37.4. The number of nitrogens with zero attached hydrogens (tertiary/aromatic N) is 1. The number of quaternary nitrogens is 1. The highest BCUT2D eigenvalue weighted by Gasteiger charge is 2.26. The van der Waals surface area contributed by atoms with E-state index in [2.05, 4.69) is 50.3 Å². The molecule has 0 fully saturated rings. The fourth-order valence-corrected chi connectivity index (χ4v) is 7.02. The van der Waals surface area contributed by atoms with Gasteiger partial charge in [-0.3, -0.25) is 13.8 Å². The summed E-state index contributed by atoms with van der Waals surface area (Å²) in [4.78, 5) is 22.9. The maximum absolute atomic E-state index is 12.7. The fourth-order valence-electron chi connectivity index (χ4n) is 6.28. The van der Waals surface area contributed by atoms with Gasteiger partial charge in [0.15, 0.2) is 0 Å². The molecule has 1 N–H and O–H groups in total. The molecule has 330 valence electrons. The van der Waals surface area contributed by atoms with E-state index in [9.17, 15) is 14.3 Å². The SMILES string of the molecule is CCCCC/C=C\CCCCCCCC(=O)OC(COCCCCCCCCCCCC/C=C\C/C=C\CCCCCCC)COP(=O)(O)OCC[N+](C)(C)C. The molecule has 0 bridgehead atoms. The molecule has 0 aromatic heterocycles. The van der Waals surface area contributed by atoms with Crippen molar-refractivity contribution in [2.24, 2.45) is 0 Å². The standard InChI is InChI=1S/C47H90NO7P/c1-6-8-10-12-14-16-18-20-21-22-23-24-25-26-27-28-29-31-33-35-37-39-42-52-44-46(45-54-56(50,51)53-43-41-48(3,4)5)55-47(49)40-38-36-34-32-30-19-17-15-13-11-9-7-2/h15,17-18,20,22-23,46H,6-14,16,19,21,24-45H2,1-5H3/p+1/b17-15-,20-18-,23-22-. The molecular formula is C47H91NO7P+. The minimum Gasteiger partial charge on any atom is -0.457 e. The molecule has 0 heterocycles. The maximum atomic E-state index is 12.7. The average Bonchev–Trinajstić information content (AvgIpc) is 3.15. The van der Waals surface area contributed by atoms with E-state index in [1.54, 1.807) is 0 Å². The van der Waals surface area contributed by atoms with Crippen molar-refractivity contribution < 1.29 is 37.3 Å². The Morgan fingerprint density at radius 1 is 0.554 bits per heavy atom. The summed E-state index contributed by atoms with van der Waals surface area (Å²) >= 11 is 0. The van der Waals surface area contributed by atoms with E-state index < -0.39 is 13.9 Å². The van der Waals surface area contributed by atoms with Crippen molar-refractivity contribution in [1.82, 2.24) is 0 Å². The van der Waals surface area contributed by atoms with E-state index in [-0.39, 0.29) is 25.8 Å². The van der Waals surface area contributed by atoms with Crippen LogP contribution in [0.15, 0.2) is 36.5 Å². The minimum absolute atomic E-state index is 0.0864. The Kier molecular flexibility index (Phi) is 39.6. The van der Waals surface area contributed by atoms with Gasteiger partial charge in [0.1, 0.15) is 19.3 Å². The van der Waals surface area contributed by atoms with Crippen LogP contribution in [0.5, 0.6) is 0 Å². The Balaban J connectivity index is 4.14. The van der Waals surface area contributed by atoms with Crippen molar-refractivity contribution in [3.8, 4) is 0 Å². The number of esters is 1. The number of phosphoric acid groups is 1. The molecule has 0 aliphatic rings. The molecular weight excluding hydrogens is 721 g/mol. The normalized spacial score (nSPS) is 14.0. The van der Waals surface area contributed by atoms with Gasteiger partial charge in [-0.2, -0.15) is 0 Å². The van der Waals surface area contributed by atoms with Gasteiger partial charge >= 0.3 is 13.8 Å². The number of hydrogen-bond donors (Lipinski definition) is 1. The molecule has 0 spiro atoms. The molecule has 0 saturated carbocycles. The second kappa shape index (κ2) is 40.5. The summed E-state index contributed by atoms with van der Waals surface area (Å²) in [5.41, 5.74) is 0. The third kappa shape index (κ3) is 43.8. The van der Waals surface area contributed by atoms with Crippen molar-refractivity contribution in [2.45, 2.75) is 206 Å². The Morgan fingerprint density at radius 2 is 0.982 bits per heavy atom. The summed E-state index contributed by atoms with van der Waals surface area (Å²) in [6.07, 6.45) is 47.5. The Bertz CT molecular complexity index is 994. The minimum atomic E-state index is -4.28. The van der Waals surface area contributed by atoms with Crippen LogP contribution in [-0.4, -0.2) is 75.6 Å².